The first-order valence-electron chi connectivity index (χ1n) is 5.01. The van der Waals surface area contributed by atoms with E-state index in [1.54, 1.807) is 0 Å². The van der Waals surface area contributed by atoms with Crippen molar-refractivity contribution in [2.24, 2.45) is 5.41 Å². The molecule has 1 rings (SSSR count). The monoisotopic (exact) mass is 224 g/mol. The molecule has 0 saturated carbocycles. The minimum atomic E-state index is -0.437. The second-order valence-corrected chi connectivity index (χ2v) is 5.16. The number of hydrogen-bond acceptors (Lipinski definition) is 1. The van der Waals surface area contributed by atoms with E-state index in [1.165, 1.54) is 0 Å². The number of aliphatic hydroxyl groups excluding tert-OH is 1. The second-order valence-electron chi connectivity index (χ2n) is 4.72. The van der Waals surface area contributed by atoms with E-state index < -0.39 is 6.10 Å². The summed E-state index contributed by atoms with van der Waals surface area (Å²) in [7, 11) is 0. The van der Waals surface area contributed by atoms with Gasteiger partial charge in [0.2, 0.25) is 0 Å². The van der Waals surface area contributed by atoms with E-state index in [-0.39, 0.29) is 5.41 Å². The van der Waals surface area contributed by atoms with E-state index in [1.807, 2.05) is 57.2 Å². The third kappa shape index (κ3) is 4.06. The molecule has 0 heterocycles. The Morgan fingerprint density at radius 3 is 2.20 bits per heavy atom. The molecule has 0 aliphatic rings. The average molecular weight is 225 g/mol. The lowest BCUT2D eigenvalue weighted by atomic mass is 9.89. The number of benzene rings is 1. The lowest BCUT2D eigenvalue weighted by molar-refractivity contribution is 0.106. The molecule has 1 atom stereocenters. The quantitative estimate of drug-likeness (QED) is 0.811. The second kappa shape index (κ2) is 4.82. The summed E-state index contributed by atoms with van der Waals surface area (Å²) in [5.74, 6) is 0. The summed E-state index contributed by atoms with van der Waals surface area (Å²) in [6, 6.07) is 7.53. The maximum absolute atomic E-state index is 9.79. The molecule has 1 aromatic rings. The van der Waals surface area contributed by atoms with E-state index in [4.69, 9.17) is 11.6 Å². The van der Waals surface area contributed by atoms with Crippen LogP contribution in [0.25, 0.3) is 6.08 Å². The third-order valence-corrected chi connectivity index (χ3v) is 2.48. The van der Waals surface area contributed by atoms with Crippen molar-refractivity contribution in [1.29, 1.82) is 0 Å². The Hall–Kier alpha value is -0.790. The molecule has 0 aromatic heterocycles. The summed E-state index contributed by atoms with van der Waals surface area (Å²) < 4.78 is 0. The fourth-order valence-corrected chi connectivity index (χ4v) is 1.19. The third-order valence-electron chi connectivity index (χ3n) is 2.23. The van der Waals surface area contributed by atoms with E-state index in [2.05, 4.69) is 0 Å². The minimum Gasteiger partial charge on any atom is -0.388 e. The van der Waals surface area contributed by atoms with Gasteiger partial charge in [-0.05, 0) is 23.1 Å². The highest BCUT2D eigenvalue weighted by Crippen LogP contribution is 2.21. The summed E-state index contributed by atoms with van der Waals surface area (Å²) in [4.78, 5) is 0. The number of rotatable bonds is 2. The Morgan fingerprint density at radius 1 is 1.20 bits per heavy atom. The zero-order valence-corrected chi connectivity index (χ0v) is 10.1. The highest BCUT2D eigenvalue weighted by Gasteiger charge is 2.18. The zero-order chi connectivity index (χ0) is 11.5. The first kappa shape index (κ1) is 12.3. The molecule has 1 unspecified atom stereocenters. The predicted octanol–water partition coefficient (Wildman–Crippen LogP) is 3.76. The maximum Gasteiger partial charge on any atom is 0.0772 e. The Labute approximate surface area is 96.4 Å². The van der Waals surface area contributed by atoms with Gasteiger partial charge in [-0.3, -0.25) is 0 Å². The number of hydrogen-bond donors (Lipinski definition) is 1. The molecule has 0 aliphatic heterocycles. The fraction of sp³-hybridized carbons (Fsp3) is 0.385. The Bertz CT molecular complexity index is 333. The summed E-state index contributed by atoms with van der Waals surface area (Å²) in [6.45, 7) is 6.01. The van der Waals surface area contributed by atoms with Crippen LogP contribution in [-0.4, -0.2) is 11.2 Å². The highest BCUT2D eigenvalue weighted by molar-refractivity contribution is 6.30. The van der Waals surface area contributed by atoms with Crippen LogP contribution < -0.4 is 0 Å². The average Bonchev–Trinajstić information content (AvgIpc) is 2.15. The van der Waals surface area contributed by atoms with Gasteiger partial charge in [-0.25, -0.2) is 0 Å². The summed E-state index contributed by atoms with van der Waals surface area (Å²) in [6.07, 6.45) is 3.28. The predicted molar refractivity (Wildman–Crippen MR) is 65.9 cm³/mol. The van der Waals surface area contributed by atoms with Crippen molar-refractivity contribution in [3.05, 3.63) is 40.9 Å². The maximum atomic E-state index is 9.79. The molecule has 0 radical (unpaired) electrons. The van der Waals surface area contributed by atoms with Crippen molar-refractivity contribution < 1.29 is 5.11 Å². The fourth-order valence-electron chi connectivity index (χ4n) is 1.06. The van der Waals surface area contributed by atoms with E-state index in [9.17, 15) is 5.11 Å². The van der Waals surface area contributed by atoms with Crippen molar-refractivity contribution in [2.75, 3.05) is 0 Å². The number of halogens is 1. The molecule has 1 N–H and O–H groups in total. The SMILES string of the molecule is CC(C)(C)C(O)/C=C/c1ccc(Cl)cc1. The summed E-state index contributed by atoms with van der Waals surface area (Å²) in [5.41, 5.74) is 0.922. The molecule has 0 fully saturated rings. The molecule has 82 valence electrons. The Morgan fingerprint density at radius 2 is 1.73 bits per heavy atom. The molecule has 1 aromatic carbocycles. The molecular weight excluding hydrogens is 208 g/mol. The smallest absolute Gasteiger partial charge is 0.0772 e. The van der Waals surface area contributed by atoms with Gasteiger partial charge < -0.3 is 5.11 Å². The molecule has 0 saturated heterocycles. The van der Waals surface area contributed by atoms with Crippen LogP contribution in [0.2, 0.25) is 5.02 Å². The normalized spacial score (nSPS) is 14.5. The first-order valence-corrected chi connectivity index (χ1v) is 5.39. The van der Waals surface area contributed by atoms with Gasteiger partial charge in [-0.15, -0.1) is 0 Å². The molecule has 0 amide bonds. The topological polar surface area (TPSA) is 20.2 Å². The standard InChI is InChI=1S/C13H17ClO/c1-13(2,3)12(15)9-6-10-4-7-11(14)8-5-10/h4-9,12,15H,1-3H3/b9-6+. The lowest BCUT2D eigenvalue weighted by Crippen LogP contribution is -2.23. The van der Waals surface area contributed by atoms with Gasteiger partial charge in [0.1, 0.15) is 0 Å². The summed E-state index contributed by atoms with van der Waals surface area (Å²) >= 11 is 5.77. The lowest BCUT2D eigenvalue weighted by Gasteiger charge is -2.22. The van der Waals surface area contributed by atoms with Gasteiger partial charge in [-0.1, -0.05) is 56.7 Å². The molecule has 0 aliphatic carbocycles. The van der Waals surface area contributed by atoms with Crippen LogP contribution in [0, 0.1) is 5.41 Å². The van der Waals surface area contributed by atoms with Crippen LogP contribution in [-0.2, 0) is 0 Å². The number of aliphatic hydroxyl groups is 1. The zero-order valence-electron chi connectivity index (χ0n) is 9.37. The molecule has 0 spiro atoms. The van der Waals surface area contributed by atoms with E-state index >= 15 is 0 Å². The highest BCUT2D eigenvalue weighted by atomic mass is 35.5. The van der Waals surface area contributed by atoms with Crippen LogP contribution in [0.15, 0.2) is 30.3 Å². The van der Waals surface area contributed by atoms with Crippen molar-refractivity contribution in [1.82, 2.24) is 0 Å². The van der Waals surface area contributed by atoms with Gasteiger partial charge in [0.05, 0.1) is 6.10 Å². The first-order chi connectivity index (χ1) is 6.89. The van der Waals surface area contributed by atoms with Gasteiger partial charge >= 0.3 is 0 Å². The Balaban J connectivity index is 2.70. The summed E-state index contributed by atoms with van der Waals surface area (Å²) in [5, 5.41) is 10.5. The molecular formula is C13H17ClO. The van der Waals surface area contributed by atoms with Crippen LogP contribution >= 0.6 is 11.6 Å². The largest absolute Gasteiger partial charge is 0.388 e. The molecule has 2 heteroatoms. The van der Waals surface area contributed by atoms with Crippen LogP contribution in [0.5, 0.6) is 0 Å². The van der Waals surface area contributed by atoms with Crippen molar-refractivity contribution in [3.63, 3.8) is 0 Å². The Kier molecular flexibility index (Phi) is 3.95. The van der Waals surface area contributed by atoms with Crippen LogP contribution in [0.3, 0.4) is 0 Å². The van der Waals surface area contributed by atoms with Crippen LogP contribution in [0.1, 0.15) is 26.3 Å². The van der Waals surface area contributed by atoms with Gasteiger partial charge in [0.15, 0.2) is 0 Å². The van der Waals surface area contributed by atoms with E-state index in [0.717, 1.165) is 10.6 Å². The molecule has 15 heavy (non-hydrogen) atoms. The van der Waals surface area contributed by atoms with Crippen LogP contribution in [0.4, 0.5) is 0 Å². The van der Waals surface area contributed by atoms with Crippen molar-refractivity contribution >= 4 is 17.7 Å². The van der Waals surface area contributed by atoms with Gasteiger partial charge in [-0.2, -0.15) is 0 Å². The van der Waals surface area contributed by atoms with Crippen molar-refractivity contribution in [3.8, 4) is 0 Å². The van der Waals surface area contributed by atoms with Crippen molar-refractivity contribution in [2.45, 2.75) is 26.9 Å². The molecule has 0 bridgehead atoms. The van der Waals surface area contributed by atoms with Gasteiger partial charge in [0.25, 0.3) is 0 Å². The molecule has 1 nitrogen and oxygen atoms in total. The van der Waals surface area contributed by atoms with Gasteiger partial charge in [0, 0.05) is 5.02 Å². The van der Waals surface area contributed by atoms with E-state index in [0.29, 0.717) is 0 Å². The minimum absolute atomic E-state index is 0.122.